The number of nitrogens with two attached hydrogens (primary N) is 1. The van der Waals surface area contributed by atoms with Crippen molar-refractivity contribution in [3.8, 4) is 5.75 Å². The molecule has 2 rings (SSSR count). The first-order valence-electron chi connectivity index (χ1n) is 5.42. The maximum Gasteiger partial charge on any atom is 0.137 e. The molecule has 1 atom stereocenters. The first kappa shape index (κ1) is 13.1. The third-order valence-electron chi connectivity index (χ3n) is 2.38. The Morgan fingerprint density at radius 2 is 1.94 bits per heavy atom. The summed E-state index contributed by atoms with van der Waals surface area (Å²) >= 11 is 11.8. The van der Waals surface area contributed by atoms with E-state index in [1.54, 1.807) is 30.6 Å². The molecule has 1 heterocycles. The molecule has 0 saturated carbocycles. The van der Waals surface area contributed by atoms with Gasteiger partial charge in [-0.05, 0) is 24.3 Å². The van der Waals surface area contributed by atoms with Gasteiger partial charge in [0.25, 0.3) is 0 Å². The lowest BCUT2D eigenvalue weighted by Crippen LogP contribution is -2.18. The minimum absolute atomic E-state index is 0.270. The van der Waals surface area contributed by atoms with E-state index in [1.807, 2.05) is 12.1 Å². The zero-order chi connectivity index (χ0) is 13.0. The smallest absolute Gasteiger partial charge is 0.137 e. The Balaban J connectivity index is 2.20. The van der Waals surface area contributed by atoms with Crippen molar-refractivity contribution in [3.05, 3.63) is 58.3 Å². The van der Waals surface area contributed by atoms with E-state index in [4.69, 9.17) is 33.7 Å². The van der Waals surface area contributed by atoms with E-state index in [0.29, 0.717) is 22.3 Å². The van der Waals surface area contributed by atoms with Gasteiger partial charge < -0.3 is 10.5 Å². The van der Waals surface area contributed by atoms with Crippen LogP contribution in [0.4, 0.5) is 0 Å². The zero-order valence-electron chi connectivity index (χ0n) is 9.51. The zero-order valence-corrected chi connectivity index (χ0v) is 11.0. The van der Waals surface area contributed by atoms with Crippen LogP contribution in [-0.2, 0) is 0 Å². The number of benzene rings is 1. The van der Waals surface area contributed by atoms with Gasteiger partial charge in [0.1, 0.15) is 11.9 Å². The highest BCUT2D eigenvalue weighted by Crippen LogP contribution is 2.27. The normalized spacial score (nSPS) is 12.2. The van der Waals surface area contributed by atoms with Crippen molar-refractivity contribution in [3.63, 3.8) is 0 Å². The van der Waals surface area contributed by atoms with E-state index in [2.05, 4.69) is 4.98 Å². The number of hydrogen-bond donors (Lipinski definition) is 1. The molecule has 18 heavy (non-hydrogen) atoms. The summed E-state index contributed by atoms with van der Waals surface area (Å²) in [6, 6.07) is 8.80. The molecule has 0 fully saturated rings. The molecule has 0 amide bonds. The molecule has 5 heteroatoms. The second-order valence-corrected chi connectivity index (χ2v) is 4.61. The van der Waals surface area contributed by atoms with E-state index in [-0.39, 0.29) is 6.10 Å². The quantitative estimate of drug-likeness (QED) is 0.934. The molecule has 0 spiro atoms. The van der Waals surface area contributed by atoms with Crippen LogP contribution in [0.15, 0.2) is 42.7 Å². The SMILES string of the molecule is NCC(Oc1cc(Cl)cc(Cl)c1)c1cccnc1. The van der Waals surface area contributed by atoms with Gasteiger partial charge >= 0.3 is 0 Å². The molecule has 1 aromatic heterocycles. The number of aromatic nitrogens is 1. The predicted octanol–water partition coefficient (Wildman–Crippen LogP) is 3.47. The second kappa shape index (κ2) is 6.05. The van der Waals surface area contributed by atoms with Crippen LogP contribution in [0.1, 0.15) is 11.7 Å². The van der Waals surface area contributed by atoms with Crippen LogP contribution in [-0.4, -0.2) is 11.5 Å². The maximum absolute atomic E-state index is 5.91. The minimum atomic E-state index is -0.270. The van der Waals surface area contributed by atoms with Gasteiger partial charge in [-0.1, -0.05) is 29.3 Å². The van der Waals surface area contributed by atoms with Crippen LogP contribution < -0.4 is 10.5 Å². The molecule has 0 bridgehead atoms. The van der Waals surface area contributed by atoms with Crippen molar-refractivity contribution in [2.45, 2.75) is 6.10 Å². The first-order valence-corrected chi connectivity index (χ1v) is 6.17. The van der Waals surface area contributed by atoms with Gasteiger partial charge in [-0.25, -0.2) is 0 Å². The summed E-state index contributed by atoms with van der Waals surface area (Å²) in [6.45, 7) is 0.343. The maximum atomic E-state index is 5.91. The molecular weight excluding hydrogens is 271 g/mol. The number of pyridine rings is 1. The van der Waals surface area contributed by atoms with Crippen LogP contribution in [0.5, 0.6) is 5.75 Å². The van der Waals surface area contributed by atoms with E-state index in [1.165, 1.54) is 0 Å². The molecule has 2 aromatic rings. The van der Waals surface area contributed by atoms with Gasteiger partial charge in [0.2, 0.25) is 0 Å². The number of nitrogens with zero attached hydrogens (tertiary/aromatic N) is 1. The average Bonchev–Trinajstić information content (AvgIpc) is 2.36. The summed E-state index contributed by atoms with van der Waals surface area (Å²) in [5.74, 6) is 0.590. The minimum Gasteiger partial charge on any atom is -0.484 e. The van der Waals surface area contributed by atoms with Crippen LogP contribution >= 0.6 is 23.2 Å². The highest BCUT2D eigenvalue weighted by atomic mass is 35.5. The Labute approximate surface area is 115 Å². The van der Waals surface area contributed by atoms with Crippen molar-refractivity contribution in [1.82, 2.24) is 4.98 Å². The second-order valence-electron chi connectivity index (χ2n) is 3.73. The third-order valence-corrected chi connectivity index (χ3v) is 2.82. The fourth-order valence-corrected chi connectivity index (χ4v) is 2.09. The van der Waals surface area contributed by atoms with Crippen molar-refractivity contribution in [1.29, 1.82) is 0 Å². The Kier molecular flexibility index (Phi) is 4.42. The standard InChI is InChI=1S/C13H12Cl2N2O/c14-10-4-11(15)6-12(5-10)18-13(7-16)9-2-1-3-17-8-9/h1-6,8,13H,7,16H2. The van der Waals surface area contributed by atoms with Crippen molar-refractivity contribution in [2.75, 3.05) is 6.54 Å². The van der Waals surface area contributed by atoms with Gasteiger partial charge in [-0.3, -0.25) is 4.98 Å². The third kappa shape index (κ3) is 3.35. The monoisotopic (exact) mass is 282 g/mol. The molecule has 2 N–H and O–H groups in total. The van der Waals surface area contributed by atoms with Crippen molar-refractivity contribution in [2.24, 2.45) is 5.73 Å². The van der Waals surface area contributed by atoms with Gasteiger partial charge in [0.15, 0.2) is 0 Å². The summed E-state index contributed by atoms with van der Waals surface area (Å²) in [7, 11) is 0. The van der Waals surface area contributed by atoms with Crippen LogP contribution in [0.25, 0.3) is 0 Å². The van der Waals surface area contributed by atoms with Crippen LogP contribution in [0.2, 0.25) is 10.0 Å². The Hall–Kier alpha value is -1.29. The molecule has 3 nitrogen and oxygen atoms in total. The van der Waals surface area contributed by atoms with E-state index in [9.17, 15) is 0 Å². The number of halogens is 2. The molecule has 0 saturated heterocycles. The highest BCUT2D eigenvalue weighted by molar-refractivity contribution is 6.34. The van der Waals surface area contributed by atoms with E-state index < -0.39 is 0 Å². The lowest BCUT2D eigenvalue weighted by atomic mass is 10.1. The number of hydrogen-bond acceptors (Lipinski definition) is 3. The summed E-state index contributed by atoms with van der Waals surface area (Å²) in [6.07, 6.45) is 3.16. The van der Waals surface area contributed by atoms with Crippen LogP contribution in [0.3, 0.4) is 0 Å². The Morgan fingerprint density at radius 1 is 1.22 bits per heavy atom. The highest BCUT2D eigenvalue weighted by Gasteiger charge is 2.12. The fraction of sp³-hybridized carbons (Fsp3) is 0.154. The lowest BCUT2D eigenvalue weighted by Gasteiger charge is -2.17. The van der Waals surface area contributed by atoms with E-state index >= 15 is 0 Å². The Bertz CT molecular complexity index is 499. The number of ether oxygens (including phenoxy) is 1. The summed E-state index contributed by atoms with van der Waals surface area (Å²) < 4.78 is 5.78. The van der Waals surface area contributed by atoms with Gasteiger partial charge in [0, 0.05) is 34.5 Å². The Morgan fingerprint density at radius 3 is 2.50 bits per heavy atom. The number of rotatable bonds is 4. The molecule has 0 aliphatic heterocycles. The fourth-order valence-electron chi connectivity index (χ4n) is 1.58. The molecule has 0 aliphatic carbocycles. The van der Waals surface area contributed by atoms with Crippen molar-refractivity contribution < 1.29 is 4.74 Å². The molecule has 94 valence electrons. The summed E-state index contributed by atoms with van der Waals surface area (Å²) in [5, 5.41) is 1.05. The lowest BCUT2D eigenvalue weighted by molar-refractivity contribution is 0.214. The topological polar surface area (TPSA) is 48.1 Å². The van der Waals surface area contributed by atoms with Crippen LogP contribution in [0, 0.1) is 0 Å². The van der Waals surface area contributed by atoms with E-state index in [0.717, 1.165) is 5.56 Å². The van der Waals surface area contributed by atoms with Gasteiger partial charge in [-0.2, -0.15) is 0 Å². The predicted molar refractivity (Wildman–Crippen MR) is 73.1 cm³/mol. The summed E-state index contributed by atoms with van der Waals surface area (Å²) in [5.41, 5.74) is 6.62. The molecule has 0 radical (unpaired) electrons. The summed E-state index contributed by atoms with van der Waals surface area (Å²) in [4.78, 5) is 4.04. The molecule has 0 aliphatic rings. The molecular formula is C13H12Cl2N2O. The van der Waals surface area contributed by atoms with Crippen molar-refractivity contribution >= 4 is 23.2 Å². The molecule has 1 aromatic carbocycles. The van der Waals surface area contributed by atoms with Gasteiger partial charge in [-0.15, -0.1) is 0 Å². The average molecular weight is 283 g/mol. The largest absolute Gasteiger partial charge is 0.484 e. The molecule has 1 unspecified atom stereocenters. The first-order chi connectivity index (χ1) is 8.69. The van der Waals surface area contributed by atoms with Gasteiger partial charge in [0.05, 0.1) is 0 Å².